The number of aryl methyl sites for hydroxylation is 3. The van der Waals surface area contributed by atoms with E-state index in [1.54, 1.807) is 12.0 Å². The van der Waals surface area contributed by atoms with Crippen molar-refractivity contribution in [3.05, 3.63) is 98.4 Å². The van der Waals surface area contributed by atoms with Gasteiger partial charge in [0.05, 0.1) is 30.7 Å². The molecule has 1 aliphatic rings. The number of ether oxygens (including phenoxy) is 2. The monoisotopic (exact) mass is 497 g/mol. The Balaban J connectivity index is 1.73. The van der Waals surface area contributed by atoms with Crippen molar-refractivity contribution < 1.29 is 18.7 Å². The molecular weight excluding hydrogens is 466 g/mol. The van der Waals surface area contributed by atoms with Crippen LogP contribution in [0.4, 0.5) is 5.69 Å². The topological polar surface area (TPSA) is 69.0 Å². The van der Waals surface area contributed by atoms with E-state index in [-0.39, 0.29) is 17.1 Å². The highest BCUT2D eigenvalue weighted by atomic mass is 16.5. The van der Waals surface area contributed by atoms with Crippen LogP contribution in [0.25, 0.3) is 11.0 Å². The highest BCUT2D eigenvalue weighted by Gasteiger charge is 2.44. The zero-order chi connectivity index (χ0) is 26.3. The minimum absolute atomic E-state index is 0.0782. The third kappa shape index (κ3) is 4.26. The Morgan fingerprint density at radius 3 is 2.46 bits per heavy atom. The van der Waals surface area contributed by atoms with Crippen LogP contribution in [0, 0.1) is 20.8 Å². The van der Waals surface area contributed by atoms with E-state index in [1.165, 1.54) is 0 Å². The minimum atomic E-state index is -0.676. The number of unbranched alkanes of at least 4 members (excludes halogenated alkanes) is 1. The van der Waals surface area contributed by atoms with Gasteiger partial charge in [-0.3, -0.25) is 14.5 Å². The van der Waals surface area contributed by atoms with Gasteiger partial charge in [0.2, 0.25) is 5.76 Å². The standard InChI is InChI=1S/C31H31NO5/c1-6-7-13-36-24-12-11-21(17-26(24)35-5)28-27-29(33)23-15-19(3)20(4)16-25(23)37-30(27)31(34)32(28)22-10-8-9-18(2)14-22/h8-12,14-17,28H,6-7,13H2,1-5H3. The van der Waals surface area contributed by atoms with Crippen LogP contribution in [-0.4, -0.2) is 19.6 Å². The SMILES string of the molecule is CCCCOc1ccc(C2c3c(oc4cc(C)c(C)cc4c3=O)C(=O)N2c2cccc(C)c2)cc1OC. The average Bonchev–Trinajstić information content (AvgIpc) is 3.18. The van der Waals surface area contributed by atoms with Gasteiger partial charge in [-0.1, -0.05) is 31.5 Å². The Morgan fingerprint density at radius 2 is 1.73 bits per heavy atom. The second-order valence-electron chi connectivity index (χ2n) is 9.64. The first-order chi connectivity index (χ1) is 17.8. The maximum atomic E-state index is 14.0. The molecule has 1 unspecified atom stereocenters. The van der Waals surface area contributed by atoms with E-state index in [2.05, 4.69) is 6.92 Å². The number of nitrogens with zero attached hydrogens (tertiary/aromatic N) is 1. The van der Waals surface area contributed by atoms with Crippen molar-refractivity contribution in [1.29, 1.82) is 0 Å². The first kappa shape index (κ1) is 24.6. The summed E-state index contributed by atoms with van der Waals surface area (Å²) in [6.45, 7) is 8.59. The molecule has 37 heavy (non-hydrogen) atoms. The Morgan fingerprint density at radius 1 is 0.946 bits per heavy atom. The van der Waals surface area contributed by atoms with E-state index >= 15 is 0 Å². The summed E-state index contributed by atoms with van der Waals surface area (Å²) in [4.78, 5) is 29.5. The van der Waals surface area contributed by atoms with Gasteiger partial charge < -0.3 is 13.9 Å². The van der Waals surface area contributed by atoms with Gasteiger partial charge in [0.25, 0.3) is 5.91 Å². The summed E-state index contributed by atoms with van der Waals surface area (Å²) >= 11 is 0. The molecule has 0 aliphatic carbocycles. The molecule has 3 aromatic carbocycles. The van der Waals surface area contributed by atoms with Gasteiger partial charge in [0, 0.05) is 5.69 Å². The number of hydrogen-bond acceptors (Lipinski definition) is 5. The summed E-state index contributed by atoms with van der Waals surface area (Å²) in [6, 6.07) is 16.3. The molecule has 0 bridgehead atoms. The van der Waals surface area contributed by atoms with Crippen molar-refractivity contribution in [3.63, 3.8) is 0 Å². The number of carbonyl (C=O) groups excluding carboxylic acids is 1. The third-order valence-corrected chi connectivity index (χ3v) is 7.03. The minimum Gasteiger partial charge on any atom is -0.493 e. The fourth-order valence-electron chi connectivity index (χ4n) is 4.89. The molecule has 0 saturated carbocycles. The van der Waals surface area contributed by atoms with Gasteiger partial charge in [-0.15, -0.1) is 0 Å². The number of methoxy groups -OCH3 is 1. The normalized spacial score (nSPS) is 14.8. The first-order valence-electron chi connectivity index (χ1n) is 12.6. The largest absolute Gasteiger partial charge is 0.493 e. The maximum absolute atomic E-state index is 14.0. The third-order valence-electron chi connectivity index (χ3n) is 7.03. The van der Waals surface area contributed by atoms with Crippen molar-refractivity contribution in [3.8, 4) is 11.5 Å². The van der Waals surface area contributed by atoms with E-state index in [4.69, 9.17) is 13.9 Å². The molecule has 190 valence electrons. The predicted molar refractivity (Wildman–Crippen MR) is 145 cm³/mol. The average molecular weight is 498 g/mol. The zero-order valence-corrected chi connectivity index (χ0v) is 21.9. The molecule has 4 aromatic rings. The van der Waals surface area contributed by atoms with Crippen LogP contribution in [0.1, 0.15) is 64.2 Å². The van der Waals surface area contributed by atoms with Gasteiger partial charge >= 0.3 is 0 Å². The van der Waals surface area contributed by atoms with Gasteiger partial charge in [-0.2, -0.15) is 0 Å². The number of benzene rings is 3. The highest BCUT2D eigenvalue weighted by Crippen LogP contribution is 2.43. The fourth-order valence-corrected chi connectivity index (χ4v) is 4.89. The maximum Gasteiger partial charge on any atom is 0.295 e. The van der Waals surface area contributed by atoms with Crippen LogP contribution in [0.15, 0.2) is 63.8 Å². The molecule has 0 spiro atoms. The van der Waals surface area contributed by atoms with Gasteiger partial charge in [-0.25, -0.2) is 0 Å². The second-order valence-corrected chi connectivity index (χ2v) is 9.64. The van der Waals surface area contributed by atoms with E-state index < -0.39 is 6.04 Å². The molecule has 1 atom stereocenters. The van der Waals surface area contributed by atoms with Crippen LogP contribution in [-0.2, 0) is 0 Å². The molecule has 5 rings (SSSR count). The Bertz CT molecular complexity index is 1570. The number of carbonyl (C=O) groups is 1. The summed E-state index contributed by atoms with van der Waals surface area (Å²) in [5.41, 5.74) is 4.99. The molecule has 1 amide bonds. The molecule has 1 aromatic heterocycles. The lowest BCUT2D eigenvalue weighted by atomic mass is 9.96. The summed E-state index contributed by atoms with van der Waals surface area (Å²) in [5, 5.41) is 0.470. The summed E-state index contributed by atoms with van der Waals surface area (Å²) < 4.78 is 17.7. The molecule has 6 heteroatoms. The zero-order valence-electron chi connectivity index (χ0n) is 21.9. The highest BCUT2D eigenvalue weighted by molar-refractivity contribution is 6.10. The van der Waals surface area contributed by atoms with E-state index in [9.17, 15) is 9.59 Å². The van der Waals surface area contributed by atoms with Crippen molar-refractivity contribution in [2.45, 2.75) is 46.6 Å². The molecule has 6 nitrogen and oxygen atoms in total. The van der Waals surface area contributed by atoms with Crippen LogP contribution in [0.5, 0.6) is 11.5 Å². The van der Waals surface area contributed by atoms with Crippen molar-refractivity contribution in [2.24, 2.45) is 0 Å². The molecule has 1 aliphatic heterocycles. The number of rotatable bonds is 7. The number of hydrogen-bond donors (Lipinski definition) is 0. The summed E-state index contributed by atoms with van der Waals surface area (Å²) in [5.74, 6) is 0.915. The van der Waals surface area contributed by atoms with Crippen molar-refractivity contribution in [1.82, 2.24) is 0 Å². The smallest absolute Gasteiger partial charge is 0.295 e. The number of fused-ring (bicyclic) bond motifs is 2. The summed E-state index contributed by atoms with van der Waals surface area (Å²) in [6.07, 6.45) is 1.96. The Labute approximate surface area is 216 Å². The molecule has 0 fully saturated rings. The van der Waals surface area contributed by atoms with Crippen molar-refractivity contribution in [2.75, 3.05) is 18.6 Å². The fraction of sp³-hybridized carbons (Fsp3) is 0.290. The van der Waals surface area contributed by atoms with Gasteiger partial charge in [0.15, 0.2) is 16.9 Å². The lowest BCUT2D eigenvalue weighted by Gasteiger charge is -2.26. The number of amides is 1. The van der Waals surface area contributed by atoms with Crippen LogP contribution in [0.3, 0.4) is 0 Å². The van der Waals surface area contributed by atoms with Gasteiger partial charge in [0.1, 0.15) is 5.58 Å². The molecule has 0 saturated heterocycles. The first-order valence-corrected chi connectivity index (χ1v) is 12.6. The Kier molecular flexibility index (Phi) is 6.50. The van der Waals surface area contributed by atoms with Crippen LogP contribution >= 0.6 is 0 Å². The molecule has 0 N–H and O–H groups in total. The lowest BCUT2D eigenvalue weighted by molar-refractivity contribution is 0.0971. The number of anilines is 1. The van der Waals surface area contributed by atoms with Crippen LogP contribution < -0.4 is 19.8 Å². The quantitative estimate of drug-likeness (QED) is 0.267. The van der Waals surface area contributed by atoms with Crippen LogP contribution in [0.2, 0.25) is 0 Å². The molecule has 2 heterocycles. The Hall–Kier alpha value is -4.06. The van der Waals surface area contributed by atoms with Crippen molar-refractivity contribution >= 4 is 22.6 Å². The van der Waals surface area contributed by atoms with E-state index in [1.807, 2.05) is 75.4 Å². The predicted octanol–water partition coefficient (Wildman–Crippen LogP) is 6.66. The summed E-state index contributed by atoms with van der Waals surface area (Å²) in [7, 11) is 1.59. The molecular formula is C31H31NO5. The molecule has 0 radical (unpaired) electrons. The van der Waals surface area contributed by atoms with E-state index in [0.717, 1.165) is 35.1 Å². The van der Waals surface area contributed by atoms with Gasteiger partial charge in [-0.05, 0) is 85.8 Å². The lowest BCUT2D eigenvalue weighted by Crippen LogP contribution is -2.29. The van der Waals surface area contributed by atoms with E-state index in [0.29, 0.717) is 40.3 Å². The second kappa shape index (κ2) is 9.77.